The molecule has 0 atom stereocenters. The molecule has 7 heteroatoms. The Bertz CT molecular complexity index is 658. The maximum Gasteiger partial charge on any atom is 0.416 e. The molecule has 0 aliphatic rings. The molecule has 2 rings (SSSR count). The molecule has 0 aliphatic carbocycles. The molecule has 0 unspecified atom stereocenters. The van der Waals surface area contributed by atoms with Gasteiger partial charge in [-0.2, -0.15) is 13.2 Å². The van der Waals surface area contributed by atoms with Gasteiger partial charge in [0.05, 0.1) is 16.3 Å². The third kappa shape index (κ3) is 4.35. The summed E-state index contributed by atoms with van der Waals surface area (Å²) in [6, 6.07) is 7.49. The molecule has 21 heavy (non-hydrogen) atoms. The van der Waals surface area contributed by atoms with E-state index in [2.05, 4.69) is 21.2 Å². The predicted molar refractivity (Wildman–Crippen MR) is 77.9 cm³/mol. The standard InChI is InChI=1S/C14H9BrClF4N/c15-10-1-2-13(12(16)6-10)21-7-8-3-9(14(18,19)20)5-11(17)4-8/h1-6,21H,7H2. The van der Waals surface area contributed by atoms with Crippen molar-refractivity contribution in [2.24, 2.45) is 0 Å². The van der Waals surface area contributed by atoms with E-state index in [-0.39, 0.29) is 12.1 Å². The molecule has 0 aliphatic heterocycles. The zero-order chi connectivity index (χ0) is 15.6. The minimum atomic E-state index is -4.58. The van der Waals surface area contributed by atoms with E-state index >= 15 is 0 Å². The van der Waals surface area contributed by atoms with Crippen LogP contribution in [0.1, 0.15) is 11.1 Å². The van der Waals surface area contributed by atoms with Crippen molar-refractivity contribution in [1.82, 2.24) is 0 Å². The lowest BCUT2D eigenvalue weighted by molar-refractivity contribution is -0.137. The molecule has 0 heterocycles. The summed E-state index contributed by atoms with van der Waals surface area (Å²) in [5.74, 6) is -0.927. The Morgan fingerprint density at radius 3 is 2.43 bits per heavy atom. The number of alkyl halides is 3. The van der Waals surface area contributed by atoms with Crippen LogP contribution in [0.15, 0.2) is 40.9 Å². The van der Waals surface area contributed by atoms with Gasteiger partial charge >= 0.3 is 6.18 Å². The molecule has 0 bridgehead atoms. The lowest BCUT2D eigenvalue weighted by atomic mass is 10.1. The van der Waals surface area contributed by atoms with Gasteiger partial charge in [0.15, 0.2) is 0 Å². The molecule has 2 aromatic carbocycles. The Labute approximate surface area is 132 Å². The number of hydrogen-bond donors (Lipinski definition) is 1. The minimum Gasteiger partial charge on any atom is -0.380 e. The highest BCUT2D eigenvalue weighted by molar-refractivity contribution is 9.10. The van der Waals surface area contributed by atoms with E-state index in [0.29, 0.717) is 16.8 Å². The second-order valence-corrected chi connectivity index (χ2v) is 5.65. The third-order valence-corrected chi connectivity index (χ3v) is 3.50. The molecule has 0 radical (unpaired) electrons. The van der Waals surface area contributed by atoms with Gasteiger partial charge in [-0.05, 0) is 42.0 Å². The number of benzene rings is 2. The lowest BCUT2D eigenvalue weighted by Crippen LogP contribution is -2.08. The van der Waals surface area contributed by atoms with Crippen LogP contribution in [0.4, 0.5) is 23.2 Å². The van der Waals surface area contributed by atoms with Gasteiger partial charge in [-0.15, -0.1) is 0 Å². The Hall–Kier alpha value is -1.27. The Morgan fingerprint density at radius 2 is 1.81 bits per heavy atom. The van der Waals surface area contributed by atoms with Gasteiger partial charge in [-0.1, -0.05) is 27.5 Å². The van der Waals surface area contributed by atoms with Crippen molar-refractivity contribution in [3.8, 4) is 0 Å². The second kappa shape index (κ2) is 6.23. The molecular formula is C14H9BrClF4N. The van der Waals surface area contributed by atoms with E-state index in [1.165, 1.54) is 0 Å². The minimum absolute atomic E-state index is 0.0300. The van der Waals surface area contributed by atoms with Crippen molar-refractivity contribution in [2.75, 3.05) is 5.32 Å². The van der Waals surface area contributed by atoms with Crippen LogP contribution in [0.5, 0.6) is 0 Å². The highest BCUT2D eigenvalue weighted by atomic mass is 79.9. The molecule has 2 aromatic rings. The summed E-state index contributed by atoms with van der Waals surface area (Å²) in [4.78, 5) is 0. The summed E-state index contributed by atoms with van der Waals surface area (Å²) in [5.41, 5.74) is -0.278. The zero-order valence-electron chi connectivity index (χ0n) is 10.4. The highest BCUT2D eigenvalue weighted by Crippen LogP contribution is 2.31. The summed E-state index contributed by atoms with van der Waals surface area (Å²) >= 11 is 9.23. The first-order valence-electron chi connectivity index (χ1n) is 5.81. The van der Waals surface area contributed by atoms with Crippen LogP contribution >= 0.6 is 27.5 Å². The fraction of sp³-hybridized carbons (Fsp3) is 0.143. The van der Waals surface area contributed by atoms with Gasteiger partial charge in [0.25, 0.3) is 0 Å². The van der Waals surface area contributed by atoms with Crippen molar-refractivity contribution in [3.63, 3.8) is 0 Å². The summed E-state index contributed by atoms with van der Waals surface area (Å²) in [5, 5.41) is 3.29. The molecule has 0 aromatic heterocycles. The number of rotatable bonds is 3. The average molecular weight is 383 g/mol. The summed E-state index contributed by atoms with van der Waals surface area (Å²) < 4.78 is 51.9. The van der Waals surface area contributed by atoms with E-state index in [0.717, 1.165) is 16.6 Å². The summed E-state index contributed by atoms with van der Waals surface area (Å²) in [7, 11) is 0. The van der Waals surface area contributed by atoms with Crippen LogP contribution in [0.2, 0.25) is 5.02 Å². The van der Waals surface area contributed by atoms with Crippen molar-refractivity contribution in [1.29, 1.82) is 0 Å². The van der Waals surface area contributed by atoms with Gasteiger partial charge in [-0.25, -0.2) is 4.39 Å². The molecule has 0 fully saturated rings. The average Bonchev–Trinajstić information content (AvgIpc) is 2.36. The first-order valence-corrected chi connectivity index (χ1v) is 6.98. The van der Waals surface area contributed by atoms with Crippen LogP contribution < -0.4 is 5.32 Å². The van der Waals surface area contributed by atoms with Gasteiger partial charge < -0.3 is 5.32 Å². The van der Waals surface area contributed by atoms with Crippen molar-refractivity contribution < 1.29 is 17.6 Å². The van der Waals surface area contributed by atoms with Crippen LogP contribution in [-0.4, -0.2) is 0 Å². The molecule has 0 saturated carbocycles. The summed E-state index contributed by atoms with van der Waals surface area (Å²) in [6.07, 6.45) is -4.58. The van der Waals surface area contributed by atoms with E-state index in [9.17, 15) is 17.6 Å². The molecular weight excluding hydrogens is 374 g/mol. The first-order chi connectivity index (χ1) is 9.75. The molecule has 1 nitrogen and oxygen atoms in total. The van der Waals surface area contributed by atoms with E-state index < -0.39 is 17.6 Å². The smallest absolute Gasteiger partial charge is 0.380 e. The monoisotopic (exact) mass is 381 g/mol. The maximum absolute atomic E-state index is 13.3. The van der Waals surface area contributed by atoms with Crippen LogP contribution in [0.25, 0.3) is 0 Å². The predicted octanol–water partition coefficient (Wildman–Crippen LogP) is 5.87. The molecule has 0 spiro atoms. The van der Waals surface area contributed by atoms with E-state index in [1.54, 1.807) is 18.2 Å². The zero-order valence-corrected chi connectivity index (χ0v) is 12.8. The van der Waals surface area contributed by atoms with Gasteiger partial charge in [0.1, 0.15) is 5.82 Å². The van der Waals surface area contributed by atoms with Crippen LogP contribution in [0.3, 0.4) is 0 Å². The topological polar surface area (TPSA) is 12.0 Å². The SMILES string of the molecule is Fc1cc(CNc2ccc(Br)cc2Cl)cc(C(F)(F)F)c1. The molecule has 0 amide bonds. The summed E-state index contributed by atoms with van der Waals surface area (Å²) in [6.45, 7) is 0.0300. The Balaban J connectivity index is 2.18. The fourth-order valence-electron chi connectivity index (χ4n) is 1.75. The molecule has 112 valence electrons. The van der Waals surface area contributed by atoms with Crippen LogP contribution in [0, 0.1) is 5.82 Å². The maximum atomic E-state index is 13.3. The van der Waals surface area contributed by atoms with Crippen molar-refractivity contribution in [2.45, 2.75) is 12.7 Å². The number of anilines is 1. The quantitative estimate of drug-likeness (QED) is 0.654. The second-order valence-electron chi connectivity index (χ2n) is 4.32. The Morgan fingerprint density at radius 1 is 1.10 bits per heavy atom. The van der Waals surface area contributed by atoms with E-state index in [1.807, 2.05) is 0 Å². The normalized spacial score (nSPS) is 11.5. The van der Waals surface area contributed by atoms with E-state index in [4.69, 9.17) is 11.6 Å². The van der Waals surface area contributed by atoms with Crippen molar-refractivity contribution in [3.05, 3.63) is 62.8 Å². The number of nitrogens with one attached hydrogen (secondary N) is 1. The van der Waals surface area contributed by atoms with Crippen molar-refractivity contribution >= 4 is 33.2 Å². The Kier molecular flexibility index (Phi) is 4.78. The van der Waals surface area contributed by atoms with Gasteiger partial charge in [0.2, 0.25) is 0 Å². The first kappa shape index (κ1) is 16.1. The fourth-order valence-corrected chi connectivity index (χ4v) is 2.49. The third-order valence-electron chi connectivity index (χ3n) is 2.70. The highest BCUT2D eigenvalue weighted by Gasteiger charge is 2.31. The van der Waals surface area contributed by atoms with Gasteiger partial charge in [0, 0.05) is 11.0 Å². The molecule has 1 N–H and O–H groups in total. The number of halogens is 6. The lowest BCUT2D eigenvalue weighted by Gasteiger charge is -2.12. The largest absolute Gasteiger partial charge is 0.416 e. The van der Waals surface area contributed by atoms with Crippen LogP contribution in [-0.2, 0) is 12.7 Å². The molecule has 0 saturated heterocycles. The van der Waals surface area contributed by atoms with Gasteiger partial charge in [-0.3, -0.25) is 0 Å². The number of hydrogen-bond acceptors (Lipinski definition) is 1.